The first-order valence-corrected chi connectivity index (χ1v) is 13.4. The molecule has 1 aromatic carbocycles. The minimum atomic E-state index is 0.00952. The smallest absolute Gasteiger partial charge is 0.170 e. The molecular weight excluding hydrogens is 466 g/mol. The Morgan fingerprint density at radius 2 is 1.75 bits per heavy atom. The van der Waals surface area contributed by atoms with Gasteiger partial charge in [-0.05, 0) is 93.4 Å². The average Bonchev–Trinajstić information content (AvgIpc) is 3.34. The number of hydrogen-bond acceptors (Lipinski definition) is 4. The molecule has 0 saturated carbocycles. The lowest BCUT2D eigenvalue weighted by Gasteiger charge is -2.30. The van der Waals surface area contributed by atoms with E-state index in [4.69, 9.17) is 21.9 Å². The van der Waals surface area contributed by atoms with Gasteiger partial charge in [0.25, 0.3) is 0 Å². The van der Waals surface area contributed by atoms with Crippen LogP contribution in [0.3, 0.4) is 0 Å². The molecule has 2 aromatic heterocycles. The summed E-state index contributed by atoms with van der Waals surface area (Å²) in [7, 11) is 0. The Kier molecular flexibility index (Phi) is 7.42. The molecule has 190 valence electrons. The summed E-state index contributed by atoms with van der Waals surface area (Å²) in [5.74, 6) is 0. The number of pyridine rings is 1. The van der Waals surface area contributed by atoms with Crippen molar-refractivity contribution in [2.75, 3.05) is 39.4 Å². The Balaban J connectivity index is 1.49. The van der Waals surface area contributed by atoms with Gasteiger partial charge < -0.3 is 19.5 Å². The monoisotopic (exact) mass is 503 g/mol. The normalized spacial score (nSPS) is 20.7. The summed E-state index contributed by atoms with van der Waals surface area (Å²) >= 11 is 5.92. The predicted octanol–water partition coefficient (Wildman–Crippen LogP) is 4.80. The van der Waals surface area contributed by atoms with Gasteiger partial charge in [0.15, 0.2) is 5.11 Å². The van der Waals surface area contributed by atoms with Gasteiger partial charge in [-0.25, -0.2) is 0 Å². The minimum absolute atomic E-state index is 0.00952. The summed E-state index contributed by atoms with van der Waals surface area (Å²) in [6.07, 6.45) is 2.93. The van der Waals surface area contributed by atoms with Gasteiger partial charge in [-0.2, -0.15) is 0 Å². The molecular formula is C29H37N5OS. The van der Waals surface area contributed by atoms with Crippen LogP contribution in [0.4, 0.5) is 0 Å². The SMILES string of the molecule is Cc1cc(C)cc(-n2c(C)cc([C@@H]3[C@@H](c4ccccn4)NC(=S)N3CCCN3CCOCC3)c2C)c1. The Morgan fingerprint density at radius 1 is 1.00 bits per heavy atom. The fraction of sp³-hybridized carbons (Fsp3) is 0.448. The van der Waals surface area contributed by atoms with Crippen molar-refractivity contribution in [3.05, 3.63) is 82.4 Å². The molecule has 7 heteroatoms. The van der Waals surface area contributed by atoms with Crippen LogP contribution in [0.15, 0.2) is 48.7 Å². The van der Waals surface area contributed by atoms with E-state index >= 15 is 0 Å². The summed E-state index contributed by atoms with van der Waals surface area (Å²) in [6.45, 7) is 14.4. The maximum atomic E-state index is 5.92. The highest BCUT2D eigenvalue weighted by molar-refractivity contribution is 7.80. The number of aromatic nitrogens is 2. The van der Waals surface area contributed by atoms with Crippen LogP contribution in [-0.2, 0) is 4.74 Å². The average molecular weight is 504 g/mol. The summed E-state index contributed by atoms with van der Waals surface area (Å²) in [5, 5.41) is 4.44. The molecule has 36 heavy (non-hydrogen) atoms. The van der Waals surface area contributed by atoms with Gasteiger partial charge in [0.1, 0.15) is 0 Å². The van der Waals surface area contributed by atoms with E-state index in [2.05, 4.69) is 83.8 Å². The van der Waals surface area contributed by atoms with Crippen molar-refractivity contribution in [1.29, 1.82) is 0 Å². The van der Waals surface area contributed by atoms with Gasteiger partial charge in [-0.15, -0.1) is 0 Å². The van der Waals surface area contributed by atoms with Crippen LogP contribution >= 0.6 is 12.2 Å². The molecule has 4 heterocycles. The lowest BCUT2D eigenvalue weighted by atomic mass is 9.96. The van der Waals surface area contributed by atoms with E-state index in [1.807, 2.05) is 12.3 Å². The van der Waals surface area contributed by atoms with Crippen LogP contribution in [-0.4, -0.2) is 63.9 Å². The number of morpholine rings is 1. The maximum absolute atomic E-state index is 5.92. The lowest BCUT2D eigenvalue weighted by Crippen LogP contribution is -2.39. The van der Waals surface area contributed by atoms with Gasteiger partial charge in [0.05, 0.1) is 31.0 Å². The second-order valence-electron chi connectivity index (χ2n) is 10.1. The van der Waals surface area contributed by atoms with E-state index in [0.717, 1.165) is 56.6 Å². The van der Waals surface area contributed by atoms with Crippen LogP contribution < -0.4 is 5.32 Å². The van der Waals surface area contributed by atoms with Crippen molar-refractivity contribution in [3.63, 3.8) is 0 Å². The molecule has 0 unspecified atom stereocenters. The Bertz CT molecular complexity index is 1200. The van der Waals surface area contributed by atoms with Crippen LogP contribution in [0.2, 0.25) is 0 Å². The van der Waals surface area contributed by atoms with E-state index < -0.39 is 0 Å². The molecule has 0 radical (unpaired) electrons. The predicted molar refractivity (Wildman–Crippen MR) is 149 cm³/mol. The molecule has 5 rings (SSSR count). The van der Waals surface area contributed by atoms with Crippen molar-refractivity contribution >= 4 is 17.3 Å². The maximum Gasteiger partial charge on any atom is 0.170 e. The zero-order chi connectivity index (χ0) is 25.2. The Labute approximate surface area is 220 Å². The Hall–Kier alpha value is -2.74. The number of aryl methyl sites for hydroxylation is 3. The highest BCUT2D eigenvalue weighted by atomic mass is 32.1. The molecule has 6 nitrogen and oxygen atoms in total. The summed E-state index contributed by atoms with van der Waals surface area (Å²) in [4.78, 5) is 9.61. The molecule has 2 aliphatic heterocycles. The van der Waals surface area contributed by atoms with Gasteiger partial charge in [-0.1, -0.05) is 12.1 Å². The number of nitrogens with one attached hydrogen (secondary N) is 1. The number of rotatable bonds is 7. The van der Waals surface area contributed by atoms with Crippen molar-refractivity contribution in [2.24, 2.45) is 0 Å². The fourth-order valence-corrected chi connectivity index (χ4v) is 6.17. The zero-order valence-electron chi connectivity index (χ0n) is 21.8. The first-order chi connectivity index (χ1) is 17.4. The van der Waals surface area contributed by atoms with Crippen LogP contribution in [0, 0.1) is 27.7 Å². The van der Waals surface area contributed by atoms with Crippen LogP contribution in [0.5, 0.6) is 0 Å². The van der Waals surface area contributed by atoms with Crippen LogP contribution in [0.1, 0.15) is 52.3 Å². The summed E-state index contributed by atoms with van der Waals surface area (Å²) in [5.41, 5.74) is 8.59. The second kappa shape index (κ2) is 10.7. The van der Waals surface area contributed by atoms with E-state index in [0.29, 0.717) is 0 Å². The van der Waals surface area contributed by atoms with Crippen molar-refractivity contribution in [3.8, 4) is 5.69 Å². The molecule has 1 N–H and O–H groups in total. The van der Waals surface area contributed by atoms with Gasteiger partial charge in [0, 0.05) is 49.5 Å². The first-order valence-electron chi connectivity index (χ1n) is 13.0. The van der Waals surface area contributed by atoms with E-state index in [1.165, 1.54) is 33.8 Å². The van der Waals surface area contributed by atoms with Crippen molar-refractivity contribution in [2.45, 2.75) is 46.2 Å². The van der Waals surface area contributed by atoms with E-state index in [9.17, 15) is 0 Å². The van der Waals surface area contributed by atoms with Gasteiger partial charge >= 0.3 is 0 Å². The molecule has 2 aliphatic rings. The van der Waals surface area contributed by atoms with Crippen molar-refractivity contribution < 1.29 is 4.74 Å². The van der Waals surface area contributed by atoms with Gasteiger partial charge in [0.2, 0.25) is 0 Å². The van der Waals surface area contributed by atoms with Crippen molar-refractivity contribution in [1.82, 2.24) is 24.7 Å². The largest absolute Gasteiger partial charge is 0.379 e. The molecule has 3 aromatic rings. The molecule has 0 bridgehead atoms. The quantitative estimate of drug-likeness (QED) is 0.468. The third kappa shape index (κ3) is 5.05. The number of ether oxygens (including phenoxy) is 1. The molecule has 2 fully saturated rings. The molecule has 0 spiro atoms. The fourth-order valence-electron chi connectivity index (χ4n) is 5.84. The second-order valence-corrected chi connectivity index (χ2v) is 10.5. The number of benzene rings is 1. The summed E-state index contributed by atoms with van der Waals surface area (Å²) in [6, 6.07) is 15.3. The number of nitrogens with zero attached hydrogens (tertiary/aromatic N) is 4. The van der Waals surface area contributed by atoms with E-state index in [1.54, 1.807) is 0 Å². The van der Waals surface area contributed by atoms with E-state index in [-0.39, 0.29) is 12.1 Å². The molecule has 2 atom stereocenters. The molecule has 2 saturated heterocycles. The van der Waals surface area contributed by atoms with Gasteiger partial charge in [-0.3, -0.25) is 9.88 Å². The minimum Gasteiger partial charge on any atom is -0.379 e. The summed E-state index contributed by atoms with van der Waals surface area (Å²) < 4.78 is 7.91. The number of hydrogen-bond donors (Lipinski definition) is 1. The number of thiocarbonyl (C=S) groups is 1. The first kappa shape index (κ1) is 24.9. The highest BCUT2D eigenvalue weighted by Gasteiger charge is 2.41. The lowest BCUT2D eigenvalue weighted by molar-refractivity contribution is 0.0365. The third-order valence-corrected chi connectivity index (χ3v) is 7.78. The highest BCUT2D eigenvalue weighted by Crippen LogP contribution is 2.41. The molecule has 0 amide bonds. The topological polar surface area (TPSA) is 45.6 Å². The standard InChI is InChI=1S/C29H37N5OS/c1-20-16-21(2)18-24(17-20)34-22(3)19-25(23(34)4)28-27(26-8-5-6-9-30-26)31-29(36)33(28)11-7-10-32-12-14-35-15-13-32/h5-6,8-9,16-19,27-28H,7,10-15H2,1-4H3,(H,31,36)/t27-,28-/m1/s1. The Morgan fingerprint density at radius 3 is 2.44 bits per heavy atom. The zero-order valence-corrected chi connectivity index (χ0v) is 22.6. The van der Waals surface area contributed by atoms with Crippen LogP contribution in [0.25, 0.3) is 5.69 Å². The third-order valence-electron chi connectivity index (χ3n) is 7.43. The molecule has 0 aliphatic carbocycles.